The second-order valence-corrected chi connectivity index (χ2v) is 6.90. The van der Waals surface area contributed by atoms with Crippen LogP contribution in [0.3, 0.4) is 0 Å². The van der Waals surface area contributed by atoms with Gasteiger partial charge in [0.15, 0.2) is 18.3 Å². The zero-order valence-corrected chi connectivity index (χ0v) is 16.2. The van der Waals surface area contributed by atoms with E-state index in [2.05, 4.69) is 0 Å². The maximum absolute atomic E-state index is 11.6. The van der Waals surface area contributed by atoms with E-state index >= 15 is 0 Å². The normalized spacial score (nSPS) is 28.0. The molecule has 9 nitrogen and oxygen atoms in total. The zero-order chi connectivity index (χ0) is 19.9. The van der Waals surface area contributed by atoms with Gasteiger partial charge in [0, 0.05) is 27.7 Å². The molecule has 0 saturated carbocycles. The van der Waals surface area contributed by atoms with E-state index in [-0.39, 0.29) is 6.61 Å². The maximum Gasteiger partial charge on any atom is 0.303 e. The molecule has 10 heteroatoms. The molecule has 0 unspecified atom stereocenters. The molecule has 0 bridgehead atoms. The highest BCUT2D eigenvalue weighted by molar-refractivity contribution is 7.99. The third-order valence-electron chi connectivity index (χ3n) is 3.28. The lowest BCUT2D eigenvalue weighted by Crippen LogP contribution is -2.61. The van der Waals surface area contributed by atoms with Crippen LogP contribution >= 0.6 is 11.8 Å². The minimum atomic E-state index is -1.10. The lowest BCUT2D eigenvalue weighted by Gasteiger charge is -2.44. The van der Waals surface area contributed by atoms with E-state index < -0.39 is 53.7 Å². The summed E-state index contributed by atoms with van der Waals surface area (Å²) < 4.78 is 26.7. The fourth-order valence-electron chi connectivity index (χ4n) is 2.49. The Labute approximate surface area is 156 Å². The molecule has 0 aromatic heterocycles. The molecule has 0 N–H and O–H groups in total. The lowest BCUT2D eigenvalue weighted by atomic mass is 9.99. The molecule has 1 aliphatic heterocycles. The second kappa shape index (κ2) is 10.4. The Morgan fingerprint density at radius 1 is 0.808 bits per heavy atom. The average molecular weight is 392 g/mol. The molecular weight excluding hydrogens is 368 g/mol. The van der Waals surface area contributed by atoms with Gasteiger partial charge in [-0.25, -0.2) is 0 Å². The highest BCUT2D eigenvalue weighted by atomic mass is 32.2. The van der Waals surface area contributed by atoms with Crippen LogP contribution in [0.1, 0.15) is 34.6 Å². The highest BCUT2D eigenvalue weighted by Crippen LogP contribution is 2.34. The minimum Gasteiger partial charge on any atom is -0.463 e. The average Bonchev–Trinajstić information content (AvgIpc) is 2.50. The molecule has 0 aromatic rings. The van der Waals surface area contributed by atoms with Gasteiger partial charge in [0.05, 0.1) is 0 Å². The van der Waals surface area contributed by atoms with E-state index in [4.69, 9.17) is 23.7 Å². The Kier molecular flexibility index (Phi) is 8.86. The maximum atomic E-state index is 11.6. The largest absolute Gasteiger partial charge is 0.463 e. The number of rotatable bonds is 7. The first-order chi connectivity index (χ1) is 12.1. The zero-order valence-electron chi connectivity index (χ0n) is 15.4. The monoisotopic (exact) mass is 392 g/mol. The molecule has 0 radical (unpaired) electrons. The van der Waals surface area contributed by atoms with Crippen LogP contribution in [0.25, 0.3) is 0 Å². The fraction of sp³-hybridized carbons (Fsp3) is 0.750. The van der Waals surface area contributed by atoms with Crippen LogP contribution in [-0.2, 0) is 42.9 Å². The predicted octanol–water partition coefficient (Wildman–Crippen LogP) is 0.823. The van der Waals surface area contributed by atoms with Crippen molar-refractivity contribution in [2.45, 2.75) is 64.5 Å². The van der Waals surface area contributed by atoms with Crippen LogP contribution in [0.2, 0.25) is 0 Å². The van der Waals surface area contributed by atoms with Gasteiger partial charge in [-0.3, -0.25) is 19.2 Å². The Morgan fingerprint density at radius 2 is 1.31 bits per heavy atom. The molecule has 5 atom stereocenters. The molecule has 0 aliphatic carbocycles. The van der Waals surface area contributed by atoms with E-state index in [0.717, 1.165) is 0 Å². The molecule has 26 heavy (non-hydrogen) atoms. The first-order valence-corrected chi connectivity index (χ1v) is 9.12. The van der Waals surface area contributed by atoms with Crippen molar-refractivity contribution in [3.8, 4) is 0 Å². The van der Waals surface area contributed by atoms with Crippen LogP contribution in [0.4, 0.5) is 0 Å². The number of esters is 4. The van der Waals surface area contributed by atoms with E-state index in [9.17, 15) is 19.2 Å². The van der Waals surface area contributed by atoms with Crippen molar-refractivity contribution >= 4 is 35.6 Å². The first kappa shape index (κ1) is 22.2. The third-order valence-corrected chi connectivity index (χ3v) is 4.32. The van der Waals surface area contributed by atoms with Gasteiger partial charge >= 0.3 is 23.9 Å². The summed E-state index contributed by atoms with van der Waals surface area (Å²) in [4.78, 5) is 45.8. The van der Waals surface area contributed by atoms with Crippen LogP contribution in [-0.4, -0.2) is 66.1 Å². The van der Waals surface area contributed by atoms with Crippen molar-refractivity contribution in [2.75, 3.05) is 12.4 Å². The summed E-state index contributed by atoms with van der Waals surface area (Å²) in [5.74, 6) is -1.81. The van der Waals surface area contributed by atoms with E-state index in [1.54, 1.807) is 0 Å². The van der Waals surface area contributed by atoms with Crippen LogP contribution in [0.5, 0.6) is 0 Å². The van der Waals surface area contributed by atoms with Crippen LogP contribution < -0.4 is 0 Å². The van der Waals surface area contributed by atoms with Crippen molar-refractivity contribution in [3.05, 3.63) is 0 Å². The molecule has 0 aromatic carbocycles. The SMILES string of the molecule is CCS[C@H]1O[C@H](COC(C)=O)[C@H](OC(C)=O)[C@H](OC(C)=O)[C@@H]1OC(C)=O. The summed E-state index contributed by atoms with van der Waals surface area (Å²) in [6.45, 7) is 6.48. The Hall–Kier alpha value is -1.81. The van der Waals surface area contributed by atoms with Crippen molar-refractivity contribution in [1.82, 2.24) is 0 Å². The first-order valence-electron chi connectivity index (χ1n) is 8.07. The smallest absolute Gasteiger partial charge is 0.303 e. The molecule has 148 valence electrons. The van der Waals surface area contributed by atoms with E-state index in [1.165, 1.54) is 39.5 Å². The molecule has 1 aliphatic rings. The molecule has 1 saturated heterocycles. The topological polar surface area (TPSA) is 114 Å². The number of hydrogen-bond acceptors (Lipinski definition) is 10. The number of thioether (sulfide) groups is 1. The van der Waals surface area contributed by atoms with Crippen molar-refractivity contribution in [2.24, 2.45) is 0 Å². The standard InChI is InChI=1S/C16H24O9S/c1-6-26-16-15(24-11(5)20)14(23-10(4)19)13(22-9(3)18)12(25-16)7-21-8(2)17/h12-16H,6-7H2,1-5H3/t12-,13+,14+,15+,16-/m1/s1. The highest BCUT2D eigenvalue weighted by Gasteiger charge is 2.52. The van der Waals surface area contributed by atoms with Gasteiger partial charge in [0.25, 0.3) is 0 Å². The van der Waals surface area contributed by atoms with Crippen molar-refractivity contribution in [3.63, 3.8) is 0 Å². The van der Waals surface area contributed by atoms with Gasteiger partial charge in [-0.1, -0.05) is 6.92 Å². The Balaban J connectivity index is 3.22. The number of carbonyl (C=O) groups excluding carboxylic acids is 4. The lowest BCUT2D eigenvalue weighted by molar-refractivity contribution is -0.237. The van der Waals surface area contributed by atoms with Crippen molar-refractivity contribution in [1.29, 1.82) is 0 Å². The van der Waals surface area contributed by atoms with Crippen molar-refractivity contribution < 1.29 is 42.9 Å². The number of hydrogen-bond donors (Lipinski definition) is 0. The Bertz CT molecular complexity index is 536. The summed E-state index contributed by atoms with van der Waals surface area (Å²) >= 11 is 1.32. The minimum absolute atomic E-state index is 0.210. The van der Waals surface area contributed by atoms with Gasteiger partial charge < -0.3 is 23.7 Å². The number of ether oxygens (including phenoxy) is 5. The predicted molar refractivity (Wildman–Crippen MR) is 90.1 cm³/mol. The second-order valence-electron chi connectivity index (χ2n) is 5.52. The molecule has 1 rings (SSSR count). The summed E-state index contributed by atoms with van der Waals surface area (Å²) in [6, 6.07) is 0. The van der Waals surface area contributed by atoms with E-state index in [0.29, 0.717) is 5.75 Å². The quantitative estimate of drug-likeness (QED) is 0.455. The van der Waals surface area contributed by atoms with Crippen LogP contribution in [0, 0.1) is 0 Å². The Morgan fingerprint density at radius 3 is 1.77 bits per heavy atom. The third kappa shape index (κ3) is 6.83. The molecule has 0 amide bonds. The van der Waals surface area contributed by atoms with Gasteiger partial charge in [0.2, 0.25) is 0 Å². The summed E-state index contributed by atoms with van der Waals surface area (Å²) in [5, 5.41) is 0. The number of carbonyl (C=O) groups is 4. The molecular formula is C16H24O9S. The van der Waals surface area contributed by atoms with E-state index in [1.807, 2.05) is 6.92 Å². The van der Waals surface area contributed by atoms with Gasteiger partial charge in [0.1, 0.15) is 18.1 Å². The summed E-state index contributed by atoms with van der Waals surface area (Å²) in [5.41, 5.74) is -0.694. The van der Waals surface area contributed by atoms with Gasteiger partial charge in [-0.05, 0) is 5.75 Å². The summed E-state index contributed by atoms with van der Waals surface area (Å²) in [6.07, 6.45) is -4.07. The summed E-state index contributed by atoms with van der Waals surface area (Å²) in [7, 11) is 0. The fourth-order valence-corrected chi connectivity index (χ4v) is 3.44. The molecule has 1 heterocycles. The van der Waals surface area contributed by atoms with Gasteiger partial charge in [-0.15, -0.1) is 11.8 Å². The van der Waals surface area contributed by atoms with Crippen LogP contribution in [0.15, 0.2) is 0 Å². The molecule has 1 fully saturated rings. The molecule has 0 spiro atoms. The van der Waals surface area contributed by atoms with Gasteiger partial charge in [-0.2, -0.15) is 0 Å².